The molecule has 4 rings (SSSR count). The molecule has 0 radical (unpaired) electrons. The summed E-state index contributed by atoms with van der Waals surface area (Å²) in [5, 5.41) is 0.570. The molecule has 0 saturated carbocycles. The number of carbonyl (C=O) groups excluding carboxylic acids is 2. The third-order valence-corrected chi connectivity index (χ3v) is 5.26. The van der Waals surface area contributed by atoms with E-state index in [0.29, 0.717) is 33.5 Å². The van der Waals surface area contributed by atoms with Crippen LogP contribution >= 0.6 is 11.6 Å². The van der Waals surface area contributed by atoms with Crippen LogP contribution in [0.5, 0.6) is 11.5 Å². The third-order valence-electron chi connectivity index (χ3n) is 5.01. The van der Waals surface area contributed by atoms with E-state index >= 15 is 0 Å². The van der Waals surface area contributed by atoms with Gasteiger partial charge in [-0.25, -0.2) is 4.79 Å². The minimum Gasteiger partial charge on any atom is -0.493 e. The van der Waals surface area contributed by atoms with Crippen molar-refractivity contribution in [2.24, 2.45) is 0 Å². The van der Waals surface area contributed by atoms with Gasteiger partial charge in [0.25, 0.3) is 0 Å². The number of methoxy groups -OCH3 is 2. The van der Waals surface area contributed by atoms with E-state index in [-0.39, 0.29) is 18.9 Å². The Kier molecular flexibility index (Phi) is 4.73. The summed E-state index contributed by atoms with van der Waals surface area (Å²) in [4.78, 5) is 27.2. The third kappa shape index (κ3) is 2.90. The molecule has 1 amide bonds. The molecular weight excluding hydrogens is 382 g/mol. The summed E-state index contributed by atoms with van der Waals surface area (Å²) in [6.07, 6.45) is 0.111. The molecule has 2 aliphatic heterocycles. The lowest BCUT2D eigenvalue weighted by Gasteiger charge is -2.32. The predicted molar refractivity (Wildman–Crippen MR) is 104 cm³/mol. The van der Waals surface area contributed by atoms with Gasteiger partial charge < -0.3 is 14.2 Å². The molecule has 1 unspecified atom stereocenters. The van der Waals surface area contributed by atoms with Crippen LogP contribution in [0.1, 0.15) is 17.9 Å². The Labute approximate surface area is 167 Å². The average molecular weight is 400 g/mol. The lowest BCUT2D eigenvalue weighted by Crippen LogP contribution is -2.37. The van der Waals surface area contributed by atoms with E-state index in [1.165, 1.54) is 7.11 Å². The number of para-hydroxylation sites is 1. The zero-order valence-corrected chi connectivity index (χ0v) is 16.2. The molecule has 0 aromatic heterocycles. The highest BCUT2D eigenvalue weighted by atomic mass is 35.5. The van der Waals surface area contributed by atoms with Crippen molar-refractivity contribution in [3.8, 4) is 11.5 Å². The number of hydrogen-bond acceptors (Lipinski definition) is 5. The minimum atomic E-state index is -0.467. The fraction of sp³-hybridized carbons (Fsp3) is 0.238. The molecule has 2 aliphatic rings. The molecule has 0 bridgehead atoms. The van der Waals surface area contributed by atoms with Gasteiger partial charge in [-0.1, -0.05) is 23.7 Å². The maximum Gasteiger partial charge on any atom is 0.336 e. The second-order valence-corrected chi connectivity index (χ2v) is 6.92. The molecule has 2 aromatic carbocycles. The van der Waals surface area contributed by atoms with E-state index in [4.69, 9.17) is 25.8 Å². The van der Waals surface area contributed by atoms with Gasteiger partial charge in [-0.2, -0.15) is 0 Å². The van der Waals surface area contributed by atoms with Gasteiger partial charge in [0.1, 0.15) is 6.61 Å². The Hall–Kier alpha value is -2.99. The first-order valence-electron chi connectivity index (χ1n) is 8.74. The summed E-state index contributed by atoms with van der Waals surface area (Å²) in [6, 6.07) is 12.3. The zero-order chi connectivity index (χ0) is 19.8. The van der Waals surface area contributed by atoms with Crippen LogP contribution in [0.3, 0.4) is 0 Å². The number of esters is 1. The standard InChI is InChI=1S/C21H18ClNO5/c1-26-17-5-3-4-14(20(17)27-2)15-10-18(24)23(13-8-6-12(22)7-9-13)16-11-28-21(25)19(15)16/h3-9,15H,10-11H2,1-2H3. The summed E-state index contributed by atoms with van der Waals surface area (Å²) < 4.78 is 16.2. The summed E-state index contributed by atoms with van der Waals surface area (Å²) >= 11 is 5.97. The lowest BCUT2D eigenvalue weighted by molar-refractivity contribution is -0.136. The summed E-state index contributed by atoms with van der Waals surface area (Å²) in [7, 11) is 3.08. The fourth-order valence-corrected chi connectivity index (χ4v) is 3.92. The largest absolute Gasteiger partial charge is 0.493 e. The molecule has 2 heterocycles. The minimum absolute atomic E-state index is 0.0469. The SMILES string of the molecule is COc1cccc(C2CC(=O)N(c3ccc(Cl)cc3)C3=C2C(=O)OC3)c1OC. The number of amides is 1. The molecule has 6 nitrogen and oxygen atoms in total. The summed E-state index contributed by atoms with van der Waals surface area (Å²) in [6.45, 7) is 0.0469. The monoisotopic (exact) mass is 399 g/mol. The molecule has 144 valence electrons. The van der Waals surface area contributed by atoms with E-state index in [1.54, 1.807) is 42.3 Å². The van der Waals surface area contributed by atoms with Crippen molar-refractivity contribution >= 4 is 29.2 Å². The van der Waals surface area contributed by atoms with Crippen molar-refractivity contribution in [2.75, 3.05) is 25.7 Å². The lowest BCUT2D eigenvalue weighted by atomic mass is 9.83. The highest BCUT2D eigenvalue weighted by molar-refractivity contribution is 6.30. The maximum atomic E-state index is 13.1. The van der Waals surface area contributed by atoms with Gasteiger partial charge in [-0.15, -0.1) is 0 Å². The highest BCUT2D eigenvalue weighted by Crippen LogP contribution is 2.46. The normalized spacial score (nSPS) is 18.8. The average Bonchev–Trinajstić information content (AvgIpc) is 3.09. The molecule has 2 aromatic rings. The molecule has 0 N–H and O–H groups in total. The fourth-order valence-electron chi connectivity index (χ4n) is 3.80. The first kappa shape index (κ1) is 18.4. The van der Waals surface area contributed by atoms with Crippen LogP contribution in [-0.2, 0) is 14.3 Å². The van der Waals surface area contributed by atoms with Crippen LogP contribution in [0, 0.1) is 0 Å². The van der Waals surface area contributed by atoms with E-state index in [9.17, 15) is 9.59 Å². The van der Waals surface area contributed by atoms with Gasteiger partial charge in [0.2, 0.25) is 5.91 Å². The van der Waals surface area contributed by atoms with Crippen molar-refractivity contribution in [3.05, 3.63) is 64.3 Å². The quantitative estimate of drug-likeness (QED) is 0.733. The van der Waals surface area contributed by atoms with E-state index < -0.39 is 11.9 Å². The van der Waals surface area contributed by atoms with Crippen LogP contribution in [-0.4, -0.2) is 32.7 Å². The van der Waals surface area contributed by atoms with Crippen molar-refractivity contribution in [3.63, 3.8) is 0 Å². The number of cyclic esters (lactones) is 1. The Morgan fingerprint density at radius 2 is 1.82 bits per heavy atom. The number of anilines is 1. The molecule has 28 heavy (non-hydrogen) atoms. The van der Waals surface area contributed by atoms with Crippen LogP contribution in [0.15, 0.2) is 53.7 Å². The van der Waals surface area contributed by atoms with Crippen LogP contribution in [0.25, 0.3) is 0 Å². The molecular formula is C21H18ClNO5. The van der Waals surface area contributed by atoms with Crippen molar-refractivity contribution < 1.29 is 23.8 Å². The molecule has 0 fully saturated rings. The Balaban J connectivity index is 1.85. The van der Waals surface area contributed by atoms with Gasteiger partial charge in [-0.05, 0) is 30.3 Å². The summed E-state index contributed by atoms with van der Waals surface area (Å²) in [5.41, 5.74) is 2.40. The van der Waals surface area contributed by atoms with Crippen LogP contribution in [0.2, 0.25) is 5.02 Å². The number of carbonyl (C=O) groups is 2. The topological polar surface area (TPSA) is 65.1 Å². The van der Waals surface area contributed by atoms with Crippen molar-refractivity contribution in [1.29, 1.82) is 0 Å². The second-order valence-electron chi connectivity index (χ2n) is 6.48. The summed E-state index contributed by atoms with van der Waals surface area (Å²) in [5.74, 6) is 0.0343. The Morgan fingerprint density at radius 1 is 1.07 bits per heavy atom. The number of hydrogen-bond donors (Lipinski definition) is 0. The molecule has 7 heteroatoms. The van der Waals surface area contributed by atoms with Crippen molar-refractivity contribution in [1.82, 2.24) is 0 Å². The molecule has 0 aliphatic carbocycles. The highest BCUT2D eigenvalue weighted by Gasteiger charge is 2.44. The predicted octanol–water partition coefficient (Wildman–Crippen LogP) is 3.69. The van der Waals surface area contributed by atoms with E-state index in [0.717, 1.165) is 5.56 Å². The molecule has 1 atom stereocenters. The second kappa shape index (κ2) is 7.20. The molecule has 0 saturated heterocycles. The number of nitrogens with zero attached hydrogens (tertiary/aromatic N) is 1. The number of benzene rings is 2. The van der Waals surface area contributed by atoms with Crippen LogP contribution < -0.4 is 14.4 Å². The first-order chi connectivity index (χ1) is 13.5. The Bertz CT molecular complexity index is 983. The van der Waals surface area contributed by atoms with Crippen LogP contribution in [0.4, 0.5) is 5.69 Å². The van der Waals surface area contributed by atoms with E-state index in [1.807, 2.05) is 12.1 Å². The molecule has 0 spiro atoms. The number of ether oxygens (including phenoxy) is 3. The van der Waals surface area contributed by atoms with Gasteiger partial charge >= 0.3 is 5.97 Å². The number of rotatable bonds is 4. The van der Waals surface area contributed by atoms with Gasteiger partial charge in [0.15, 0.2) is 11.5 Å². The van der Waals surface area contributed by atoms with Crippen molar-refractivity contribution in [2.45, 2.75) is 12.3 Å². The smallest absolute Gasteiger partial charge is 0.336 e. The number of halogens is 1. The van der Waals surface area contributed by atoms with E-state index in [2.05, 4.69) is 0 Å². The first-order valence-corrected chi connectivity index (χ1v) is 9.12. The van der Waals surface area contributed by atoms with Gasteiger partial charge in [-0.3, -0.25) is 9.69 Å². The zero-order valence-electron chi connectivity index (χ0n) is 15.4. The maximum absolute atomic E-state index is 13.1. The Morgan fingerprint density at radius 3 is 2.50 bits per heavy atom. The van der Waals surface area contributed by atoms with Gasteiger partial charge in [0, 0.05) is 28.6 Å². The van der Waals surface area contributed by atoms with Gasteiger partial charge in [0.05, 0.1) is 25.5 Å².